The Bertz CT molecular complexity index is 2190. The van der Waals surface area contributed by atoms with Crippen LogP contribution in [-0.4, -0.2) is 50.5 Å². The fourth-order valence-electron chi connectivity index (χ4n) is 5.66. The second kappa shape index (κ2) is 17.0. The highest BCUT2D eigenvalue weighted by Crippen LogP contribution is 2.37. The average molecular weight is 731 g/mol. The van der Waals surface area contributed by atoms with Gasteiger partial charge in [-0.15, -0.1) is 6.58 Å². The molecule has 2 heterocycles. The summed E-state index contributed by atoms with van der Waals surface area (Å²) >= 11 is 1.17. The van der Waals surface area contributed by atoms with Gasteiger partial charge in [0.05, 0.1) is 49.3 Å². The fraction of sp³-hybridized carbons (Fsp3) is 0.282. The van der Waals surface area contributed by atoms with Gasteiger partial charge < -0.3 is 28.4 Å². The average Bonchev–Trinajstić information content (AvgIpc) is 3.43. The number of aromatic nitrogens is 1. The second-order valence-electron chi connectivity index (χ2n) is 11.4. The topological polar surface area (TPSA) is 124 Å². The van der Waals surface area contributed by atoms with Crippen LogP contribution in [0.5, 0.6) is 23.0 Å². The Morgan fingerprint density at radius 1 is 0.981 bits per heavy atom. The lowest BCUT2D eigenvalue weighted by Crippen LogP contribution is -2.40. The van der Waals surface area contributed by atoms with Crippen molar-refractivity contribution in [2.45, 2.75) is 39.8 Å². The van der Waals surface area contributed by atoms with Crippen molar-refractivity contribution in [2.24, 2.45) is 4.99 Å². The van der Waals surface area contributed by atoms with Crippen LogP contribution < -0.4 is 33.8 Å². The first-order valence-corrected chi connectivity index (χ1v) is 17.3. The van der Waals surface area contributed by atoms with E-state index in [1.165, 1.54) is 42.3 Å². The number of rotatable bonds is 15. The van der Waals surface area contributed by atoms with Crippen LogP contribution in [0.25, 0.3) is 6.08 Å². The van der Waals surface area contributed by atoms with Crippen molar-refractivity contribution < 1.29 is 42.4 Å². The van der Waals surface area contributed by atoms with Gasteiger partial charge in [0.15, 0.2) is 34.4 Å². The predicted octanol–water partition coefficient (Wildman–Crippen LogP) is 5.20. The van der Waals surface area contributed by atoms with Crippen LogP contribution in [0, 0.1) is 5.82 Å². The van der Waals surface area contributed by atoms with Crippen molar-refractivity contribution in [3.8, 4) is 23.0 Å². The van der Waals surface area contributed by atoms with Gasteiger partial charge in [-0.2, -0.15) is 0 Å². The van der Waals surface area contributed by atoms with Gasteiger partial charge in [0.2, 0.25) is 0 Å². The predicted molar refractivity (Wildman–Crippen MR) is 193 cm³/mol. The summed E-state index contributed by atoms with van der Waals surface area (Å²) < 4.78 is 48.8. The van der Waals surface area contributed by atoms with Gasteiger partial charge in [-0.1, -0.05) is 35.6 Å². The van der Waals surface area contributed by atoms with Crippen LogP contribution >= 0.6 is 11.3 Å². The van der Waals surface area contributed by atoms with Gasteiger partial charge in [0.25, 0.3) is 5.56 Å². The van der Waals surface area contributed by atoms with E-state index in [1.54, 1.807) is 69.3 Å². The Balaban J connectivity index is 1.61. The van der Waals surface area contributed by atoms with Crippen molar-refractivity contribution >= 4 is 29.4 Å². The number of allylic oxidation sites excluding steroid dienone is 2. The van der Waals surface area contributed by atoms with Gasteiger partial charge >= 0.3 is 11.9 Å². The molecule has 5 rings (SSSR count). The molecular weight excluding hydrogens is 691 g/mol. The molecule has 272 valence electrons. The SMILES string of the molecule is C=CCc1cc(/C=c2\sc3n(c2=O)[C@H](c2ccc(OCC(=O)OC)c(OCC)c2)C(C(=O)OCC)=C(C)N=3)cc(OC)c1OCc1ccc(F)cc1. The maximum Gasteiger partial charge on any atom is 0.343 e. The number of esters is 2. The minimum atomic E-state index is -0.917. The van der Waals surface area contributed by atoms with Crippen LogP contribution in [0.4, 0.5) is 4.39 Å². The summed E-state index contributed by atoms with van der Waals surface area (Å²) in [4.78, 5) is 44.6. The number of carbonyl (C=O) groups excluding carboxylic acids is 2. The molecule has 1 aliphatic rings. The fourth-order valence-corrected chi connectivity index (χ4v) is 6.71. The van der Waals surface area contributed by atoms with Crippen LogP contribution in [0.2, 0.25) is 0 Å². The largest absolute Gasteiger partial charge is 0.493 e. The maximum absolute atomic E-state index is 14.3. The third-order valence-electron chi connectivity index (χ3n) is 8.01. The summed E-state index contributed by atoms with van der Waals surface area (Å²) in [7, 11) is 2.79. The van der Waals surface area contributed by atoms with Crippen LogP contribution in [0.1, 0.15) is 49.1 Å². The standard InChI is InChI=1S/C39H39FN2O9S/c1-7-10-27-17-25(18-31(46-5)36(27)51-21-24-11-14-28(40)15-12-24)19-32-37(44)42-35(34(38(45)49-9-3)23(4)41-39(42)52-32)26-13-16-29(30(20-26)48-8-2)50-22-33(43)47-6/h7,11-20,35H,1,8-10,21-22H2,2-6H3/b32-19-/t35-/m1/s1. The van der Waals surface area contributed by atoms with E-state index in [2.05, 4.69) is 11.6 Å². The molecule has 52 heavy (non-hydrogen) atoms. The highest BCUT2D eigenvalue weighted by molar-refractivity contribution is 7.07. The molecule has 1 aliphatic heterocycles. The number of methoxy groups -OCH3 is 2. The number of nitrogens with zero attached hydrogens (tertiary/aromatic N) is 2. The quantitative estimate of drug-likeness (QED) is 0.120. The Kier molecular flexibility index (Phi) is 12.3. The van der Waals surface area contributed by atoms with Crippen molar-refractivity contribution in [1.29, 1.82) is 0 Å². The van der Waals surface area contributed by atoms with Gasteiger partial charge in [-0.05, 0) is 86.4 Å². The van der Waals surface area contributed by atoms with E-state index in [0.717, 1.165) is 11.1 Å². The molecule has 0 spiro atoms. The Morgan fingerprint density at radius 2 is 1.75 bits per heavy atom. The van der Waals surface area contributed by atoms with E-state index in [1.807, 2.05) is 6.07 Å². The van der Waals surface area contributed by atoms with Crippen molar-refractivity contribution in [3.05, 3.63) is 126 Å². The first kappa shape index (κ1) is 37.6. The Morgan fingerprint density at radius 3 is 2.42 bits per heavy atom. The molecule has 0 radical (unpaired) electrons. The number of ether oxygens (including phenoxy) is 6. The summed E-state index contributed by atoms with van der Waals surface area (Å²) in [6, 6.07) is 13.8. The molecule has 0 aliphatic carbocycles. The second-order valence-corrected chi connectivity index (χ2v) is 12.4. The van der Waals surface area contributed by atoms with Gasteiger partial charge in [0, 0.05) is 5.56 Å². The number of carbonyl (C=O) groups is 2. The van der Waals surface area contributed by atoms with E-state index in [-0.39, 0.29) is 49.1 Å². The minimum absolute atomic E-state index is 0.121. The number of fused-ring (bicyclic) bond motifs is 1. The highest BCUT2D eigenvalue weighted by Gasteiger charge is 2.34. The molecule has 0 saturated carbocycles. The molecule has 1 atom stereocenters. The Hall–Kier alpha value is -5.69. The number of benzene rings is 3. The first-order chi connectivity index (χ1) is 25.1. The molecule has 0 saturated heterocycles. The molecule has 0 unspecified atom stereocenters. The van der Waals surface area contributed by atoms with Gasteiger partial charge in [0.1, 0.15) is 12.4 Å². The maximum atomic E-state index is 14.3. The number of halogens is 1. The summed E-state index contributed by atoms with van der Waals surface area (Å²) in [6.07, 6.45) is 3.92. The number of hydrogen-bond donors (Lipinski definition) is 0. The van der Waals surface area contributed by atoms with E-state index < -0.39 is 18.0 Å². The zero-order valence-corrected chi connectivity index (χ0v) is 30.3. The van der Waals surface area contributed by atoms with Crippen molar-refractivity contribution in [3.63, 3.8) is 0 Å². The van der Waals surface area contributed by atoms with E-state index in [0.29, 0.717) is 49.8 Å². The monoisotopic (exact) mass is 730 g/mol. The number of thiazole rings is 1. The third-order valence-corrected chi connectivity index (χ3v) is 8.99. The molecule has 0 fully saturated rings. The summed E-state index contributed by atoms with van der Waals surface area (Å²) in [6.45, 7) is 9.34. The summed E-state index contributed by atoms with van der Waals surface area (Å²) in [5, 5.41) is 0. The molecule has 11 nitrogen and oxygen atoms in total. The lowest BCUT2D eigenvalue weighted by molar-refractivity contribution is -0.143. The van der Waals surface area contributed by atoms with Crippen LogP contribution in [0.15, 0.2) is 88.3 Å². The molecule has 13 heteroatoms. The van der Waals surface area contributed by atoms with E-state index in [9.17, 15) is 18.8 Å². The third kappa shape index (κ3) is 8.26. The summed E-state index contributed by atoms with van der Waals surface area (Å²) in [5.74, 6) is 0.0342. The van der Waals surface area contributed by atoms with Crippen LogP contribution in [-0.2, 0) is 32.1 Å². The molecular formula is C39H39FN2O9S. The lowest BCUT2D eigenvalue weighted by atomic mass is 9.95. The minimum Gasteiger partial charge on any atom is -0.493 e. The molecule has 0 N–H and O–H groups in total. The smallest absolute Gasteiger partial charge is 0.343 e. The number of hydrogen-bond acceptors (Lipinski definition) is 11. The van der Waals surface area contributed by atoms with Crippen molar-refractivity contribution in [1.82, 2.24) is 4.57 Å². The van der Waals surface area contributed by atoms with Crippen molar-refractivity contribution in [2.75, 3.05) is 34.0 Å². The first-order valence-electron chi connectivity index (χ1n) is 16.5. The molecule has 0 amide bonds. The van der Waals surface area contributed by atoms with Gasteiger partial charge in [-0.25, -0.2) is 19.0 Å². The Labute approximate surface area is 303 Å². The molecule has 4 aromatic rings. The zero-order chi connectivity index (χ0) is 37.4. The zero-order valence-electron chi connectivity index (χ0n) is 29.5. The molecule has 1 aromatic heterocycles. The van der Waals surface area contributed by atoms with E-state index >= 15 is 0 Å². The molecule has 3 aromatic carbocycles. The van der Waals surface area contributed by atoms with E-state index in [4.69, 9.17) is 28.4 Å². The summed E-state index contributed by atoms with van der Waals surface area (Å²) in [5.41, 5.74) is 2.97. The molecule has 0 bridgehead atoms. The normalized spacial score (nSPS) is 13.9. The van der Waals surface area contributed by atoms with Crippen LogP contribution in [0.3, 0.4) is 0 Å². The van der Waals surface area contributed by atoms with Gasteiger partial charge in [-0.3, -0.25) is 9.36 Å². The lowest BCUT2D eigenvalue weighted by Gasteiger charge is -2.25. The highest BCUT2D eigenvalue weighted by atomic mass is 32.1.